The number of hydrogen-bond acceptors (Lipinski definition) is 2. The average molecular weight is 282 g/mol. The maximum absolute atomic E-state index is 13.7. The Morgan fingerprint density at radius 2 is 1.90 bits per heavy atom. The molecular weight excluding hydrogens is 258 g/mol. The molecule has 1 fully saturated rings. The van der Waals surface area contributed by atoms with Gasteiger partial charge >= 0.3 is 0 Å². The van der Waals surface area contributed by atoms with Crippen molar-refractivity contribution in [2.75, 3.05) is 19.6 Å². The zero-order chi connectivity index (χ0) is 14.7. The smallest absolute Gasteiger partial charge is 0.130 e. The maximum atomic E-state index is 13.7. The third kappa shape index (κ3) is 3.76. The van der Waals surface area contributed by atoms with Gasteiger partial charge in [-0.15, -0.1) is 0 Å². The van der Waals surface area contributed by atoms with E-state index in [0.29, 0.717) is 12.1 Å². The molecule has 1 saturated heterocycles. The number of halogens is 2. The summed E-state index contributed by atoms with van der Waals surface area (Å²) in [6.07, 6.45) is 2.35. The fourth-order valence-electron chi connectivity index (χ4n) is 2.98. The first-order valence-corrected chi connectivity index (χ1v) is 7.40. The zero-order valence-electron chi connectivity index (χ0n) is 12.3. The van der Waals surface area contributed by atoms with E-state index in [1.54, 1.807) is 0 Å². The van der Waals surface area contributed by atoms with Gasteiger partial charge in [-0.25, -0.2) is 8.78 Å². The lowest BCUT2D eigenvalue weighted by Gasteiger charge is -2.35. The molecule has 2 rings (SSSR count). The molecule has 1 aromatic rings. The number of likely N-dealkylation sites (tertiary alicyclic amines) is 1. The highest BCUT2D eigenvalue weighted by atomic mass is 19.1. The predicted molar refractivity (Wildman–Crippen MR) is 77.3 cm³/mol. The molecule has 20 heavy (non-hydrogen) atoms. The van der Waals surface area contributed by atoms with E-state index in [9.17, 15) is 8.78 Å². The van der Waals surface area contributed by atoms with Crippen LogP contribution in [0.25, 0.3) is 0 Å². The largest absolute Gasteiger partial charge is 0.323 e. The second-order valence-corrected chi connectivity index (χ2v) is 6.15. The second-order valence-electron chi connectivity index (χ2n) is 6.15. The minimum absolute atomic E-state index is 0.397. The summed E-state index contributed by atoms with van der Waals surface area (Å²) in [5.41, 5.74) is 6.47. The quantitative estimate of drug-likeness (QED) is 0.918. The maximum Gasteiger partial charge on any atom is 0.130 e. The van der Waals surface area contributed by atoms with Crippen LogP contribution in [0.3, 0.4) is 0 Å². The summed E-state index contributed by atoms with van der Waals surface area (Å²) < 4.78 is 26.6. The van der Waals surface area contributed by atoms with E-state index in [4.69, 9.17) is 5.73 Å². The zero-order valence-corrected chi connectivity index (χ0v) is 12.3. The van der Waals surface area contributed by atoms with Gasteiger partial charge in [-0.1, -0.05) is 19.9 Å². The van der Waals surface area contributed by atoms with Gasteiger partial charge in [-0.2, -0.15) is 0 Å². The Balaban J connectivity index is 1.90. The highest BCUT2D eigenvalue weighted by Gasteiger charge is 2.23. The summed E-state index contributed by atoms with van der Waals surface area (Å²) in [6.45, 7) is 7.19. The molecule has 112 valence electrons. The topological polar surface area (TPSA) is 29.3 Å². The first-order chi connectivity index (χ1) is 9.47. The Labute approximate surface area is 120 Å². The van der Waals surface area contributed by atoms with Crippen molar-refractivity contribution in [3.05, 3.63) is 35.4 Å². The summed E-state index contributed by atoms with van der Waals surface area (Å²) in [7, 11) is 0. The van der Waals surface area contributed by atoms with Crippen LogP contribution >= 0.6 is 0 Å². The lowest BCUT2D eigenvalue weighted by Crippen LogP contribution is -2.39. The summed E-state index contributed by atoms with van der Waals surface area (Å²) in [5.74, 6) is 0.399. The molecule has 1 unspecified atom stereocenters. The molecule has 1 heterocycles. The van der Waals surface area contributed by atoms with E-state index in [2.05, 4.69) is 18.7 Å². The predicted octanol–water partition coefficient (Wildman–Crippen LogP) is 3.33. The molecule has 0 amide bonds. The van der Waals surface area contributed by atoms with Crippen molar-refractivity contribution in [1.82, 2.24) is 4.90 Å². The van der Waals surface area contributed by atoms with Gasteiger partial charge in [-0.05, 0) is 43.8 Å². The summed E-state index contributed by atoms with van der Waals surface area (Å²) in [4.78, 5) is 2.28. The van der Waals surface area contributed by atoms with Crippen molar-refractivity contribution in [2.45, 2.75) is 32.7 Å². The molecule has 2 nitrogen and oxygen atoms in total. The van der Waals surface area contributed by atoms with Crippen molar-refractivity contribution in [2.24, 2.45) is 17.6 Å². The lowest BCUT2D eigenvalue weighted by molar-refractivity contribution is 0.150. The van der Waals surface area contributed by atoms with Crippen LogP contribution in [0.2, 0.25) is 0 Å². The van der Waals surface area contributed by atoms with Crippen molar-refractivity contribution < 1.29 is 8.78 Å². The number of nitrogens with two attached hydrogens (primary N) is 1. The molecule has 1 aliphatic heterocycles. The normalized spacial score (nSPS) is 19.5. The first kappa shape index (κ1) is 15.4. The molecule has 0 bridgehead atoms. The van der Waals surface area contributed by atoms with E-state index < -0.39 is 17.7 Å². The van der Waals surface area contributed by atoms with Gasteiger partial charge in [0.15, 0.2) is 0 Å². The third-order valence-corrected chi connectivity index (χ3v) is 4.39. The highest BCUT2D eigenvalue weighted by Crippen LogP contribution is 2.26. The molecule has 4 heteroatoms. The van der Waals surface area contributed by atoms with Crippen LogP contribution in [0.15, 0.2) is 18.2 Å². The Morgan fingerprint density at radius 3 is 2.45 bits per heavy atom. The molecule has 0 spiro atoms. The second kappa shape index (κ2) is 6.64. The van der Waals surface area contributed by atoms with E-state index >= 15 is 0 Å². The Kier molecular flexibility index (Phi) is 5.11. The van der Waals surface area contributed by atoms with Gasteiger partial charge in [0.2, 0.25) is 0 Å². The molecule has 0 saturated carbocycles. The minimum atomic E-state index is -0.559. The van der Waals surface area contributed by atoms with E-state index in [1.165, 1.54) is 25.0 Å². The molecule has 0 radical (unpaired) electrons. The van der Waals surface area contributed by atoms with Crippen LogP contribution in [0.4, 0.5) is 8.78 Å². The monoisotopic (exact) mass is 282 g/mol. The SMILES string of the molecule is CC(C)C1CCN(CC(N)c2ccc(F)cc2F)CC1. The van der Waals surface area contributed by atoms with Crippen molar-refractivity contribution in [3.8, 4) is 0 Å². The Hall–Kier alpha value is -1.00. The highest BCUT2D eigenvalue weighted by molar-refractivity contribution is 5.22. The molecule has 1 atom stereocenters. The standard InChI is InChI=1S/C16H24F2N2/c1-11(2)12-5-7-20(8-6-12)10-16(19)14-4-3-13(17)9-15(14)18/h3-4,9,11-12,16H,5-8,10,19H2,1-2H3. The fourth-order valence-corrected chi connectivity index (χ4v) is 2.98. The Morgan fingerprint density at radius 1 is 1.25 bits per heavy atom. The van der Waals surface area contributed by atoms with E-state index in [-0.39, 0.29) is 0 Å². The van der Waals surface area contributed by atoms with Crippen LogP contribution in [-0.2, 0) is 0 Å². The Bertz CT molecular complexity index is 440. The fraction of sp³-hybridized carbons (Fsp3) is 0.625. The summed E-state index contributed by atoms with van der Waals surface area (Å²) in [6, 6.07) is 3.23. The molecule has 0 aromatic heterocycles. The number of piperidine rings is 1. The summed E-state index contributed by atoms with van der Waals surface area (Å²) >= 11 is 0. The molecule has 2 N–H and O–H groups in total. The molecule has 1 aliphatic rings. The van der Waals surface area contributed by atoms with Gasteiger partial charge in [-0.3, -0.25) is 0 Å². The molecule has 0 aliphatic carbocycles. The first-order valence-electron chi connectivity index (χ1n) is 7.40. The van der Waals surface area contributed by atoms with Gasteiger partial charge in [0.25, 0.3) is 0 Å². The molecule has 1 aromatic carbocycles. The van der Waals surface area contributed by atoms with Crippen molar-refractivity contribution in [1.29, 1.82) is 0 Å². The lowest BCUT2D eigenvalue weighted by atomic mass is 9.86. The van der Waals surface area contributed by atoms with Gasteiger partial charge in [0.05, 0.1) is 0 Å². The van der Waals surface area contributed by atoms with Crippen LogP contribution in [0, 0.1) is 23.5 Å². The third-order valence-electron chi connectivity index (χ3n) is 4.39. The van der Waals surface area contributed by atoms with Gasteiger partial charge in [0.1, 0.15) is 11.6 Å². The van der Waals surface area contributed by atoms with E-state index in [1.807, 2.05) is 0 Å². The number of rotatable bonds is 4. The van der Waals surface area contributed by atoms with Crippen LogP contribution < -0.4 is 5.73 Å². The van der Waals surface area contributed by atoms with Gasteiger partial charge < -0.3 is 10.6 Å². The van der Waals surface area contributed by atoms with Crippen LogP contribution in [0.1, 0.15) is 38.3 Å². The summed E-state index contributed by atoms with van der Waals surface area (Å²) in [5, 5.41) is 0. The van der Waals surface area contributed by atoms with Crippen LogP contribution in [0.5, 0.6) is 0 Å². The van der Waals surface area contributed by atoms with Crippen molar-refractivity contribution >= 4 is 0 Å². The van der Waals surface area contributed by atoms with E-state index in [0.717, 1.165) is 31.0 Å². The number of benzene rings is 1. The molecular formula is C16H24F2N2. The average Bonchev–Trinajstić information content (AvgIpc) is 2.39. The number of hydrogen-bond donors (Lipinski definition) is 1. The van der Waals surface area contributed by atoms with Crippen molar-refractivity contribution in [3.63, 3.8) is 0 Å². The number of nitrogens with zero attached hydrogens (tertiary/aromatic N) is 1. The van der Waals surface area contributed by atoms with Crippen LogP contribution in [-0.4, -0.2) is 24.5 Å². The minimum Gasteiger partial charge on any atom is -0.323 e. The van der Waals surface area contributed by atoms with Gasteiger partial charge in [0, 0.05) is 24.2 Å².